The van der Waals surface area contributed by atoms with Gasteiger partial charge >= 0.3 is 0 Å². The summed E-state index contributed by atoms with van der Waals surface area (Å²) in [6.07, 6.45) is 4.51. The molecule has 0 amide bonds. The number of pyridine rings is 1. The van der Waals surface area contributed by atoms with E-state index in [1.54, 1.807) is 12.4 Å². The lowest BCUT2D eigenvalue weighted by Gasteiger charge is -2.13. The Bertz CT molecular complexity index is 487. The van der Waals surface area contributed by atoms with Crippen molar-refractivity contribution < 1.29 is 0 Å². The van der Waals surface area contributed by atoms with Crippen LogP contribution in [0.3, 0.4) is 0 Å². The highest BCUT2D eigenvalue weighted by Crippen LogP contribution is 2.21. The minimum Gasteiger partial charge on any atom is -0.330 e. The molecule has 0 aliphatic heterocycles. The third-order valence-electron chi connectivity index (χ3n) is 2.77. The molecular formula is C12H18N4. The zero-order valence-electron chi connectivity index (χ0n) is 10.0. The first-order valence-electron chi connectivity index (χ1n) is 5.61. The van der Waals surface area contributed by atoms with E-state index < -0.39 is 0 Å². The van der Waals surface area contributed by atoms with E-state index >= 15 is 0 Å². The quantitative estimate of drug-likeness (QED) is 0.857. The van der Waals surface area contributed by atoms with Gasteiger partial charge in [0.05, 0.1) is 17.8 Å². The van der Waals surface area contributed by atoms with Crippen LogP contribution in [0.2, 0.25) is 0 Å². The van der Waals surface area contributed by atoms with Crippen LogP contribution in [-0.4, -0.2) is 14.5 Å². The summed E-state index contributed by atoms with van der Waals surface area (Å²) in [5, 5.41) is 0. The predicted octanol–water partition coefficient (Wildman–Crippen LogP) is 2.01. The molecule has 0 aliphatic carbocycles. The first-order valence-corrected chi connectivity index (χ1v) is 5.61. The topological polar surface area (TPSA) is 56.7 Å². The van der Waals surface area contributed by atoms with Crippen molar-refractivity contribution in [3.63, 3.8) is 0 Å². The number of nitrogens with zero attached hydrogens (tertiary/aromatic N) is 3. The number of fused-ring (bicyclic) bond motifs is 1. The lowest BCUT2D eigenvalue weighted by atomic mass is 10.0. The summed E-state index contributed by atoms with van der Waals surface area (Å²) in [5.74, 6) is 1.52. The highest BCUT2D eigenvalue weighted by atomic mass is 15.1. The molecule has 86 valence electrons. The van der Waals surface area contributed by atoms with Crippen LogP contribution >= 0.6 is 0 Å². The highest BCUT2D eigenvalue weighted by molar-refractivity contribution is 5.74. The van der Waals surface area contributed by atoms with Crippen LogP contribution < -0.4 is 5.73 Å². The van der Waals surface area contributed by atoms with Crippen LogP contribution in [0.15, 0.2) is 18.5 Å². The molecule has 0 aliphatic rings. The Morgan fingerprint density at radius 2 is 2.19 bits per heavy atom. The Labute approximate surface area is 95.5 Å². The number of imidazole rings is 1. The van der Waals surface area contributed by atoms with Crippen LogP contribution in [-0.2, 0) is 7.05 Å². The molecule has 0 fully saturated rings. The molecule has 2 N–H and O–H groups in total. The van der Waals surface area contributed by atoms with Gasteiger partial charge in [0.2, 0.25) is 0 Å². The van der Waals surface area contributed by atoms with E-state index in [1.165, 1.54) is 0 Å². The minimum atomic E-state index is -0.00241. The van der Waals surface area contributed by atoms with E-state index in [-0.39, 0.29) is 6.04 Å². The van der Waals surface area contributed by atoms with Gasteiger partial charge in [-0.05, 0) is 18.4 Å². The molecule has 0 saturated carbocycles. The molecule has 4 heteroatoms. The fraction of sp³-hybridized carbons (Fsp3) is 0.500. The van der Waals surface area contributed by atoms with Crippen molar-refractivity contribution in [2.24, 2.45) is 18.7 Å². The van der Waals surface area contributed by atoms with Crippen molar-refractivity contribution in [1.82, 2.24) is 14.5 Å². The van der Waals surface area contributed by atoms with Gasteiger partial charge in [-0.25, -0.2) is 4.98 Å². The number of rotatable bonds is 3. The van der Waals surface area contributed by atoms with Crippen LogP contribution in [0.1, 0.15) is 32.1 Å². The van der Waals surface area contributed by atoms with Crippen LogP contribution in [0.25, 0.3) is 11.0 Å². The molecule has 0 bridgehead atoms. The van der Waals surface area contributed by atoms with Crippen LogP contribution in [0, 0.1) is 5.92 Å². The fourth-order valence-corrected chi connectivity index (χ4v) is 2.02. The van der Waals surface area contributed by atoms with Gasteiger partial charge in [-0.15, -0.1) is 0 Å². The van der Waals surface area contributed by atoms with E-state index in [1.807, 2.05) is 13.1 Å². The van der Waals surface area contributed by atoms with Gasteiger partial charge in [0.1, 0.15) is 11.3 Å². The third-order valence-corrected chi connectivity index (χ3v) is 2.77. The Balaban J connectivity index is 2.41. The molecule has 2 heterocycles. The smallest absolute Gasteiger partial charge is 0.126 e. The SMILES string of the molecule is CC(C)CC(N)c1nc2cnccc2n1C. The van der Waals surface area contributed by atoms with Crippen molar-refractivity contribution in [2.45, 2.75) is 26.3 Å². The third kappa shape index (κ3) is 1.93. The summed E-state index contributed by atoms with van der Waals surface area (Å²) in [6, 6.07) is 1.96. The second-order valence-corrected chi connectivity index (χ2v) is 4.63. The summed E-state index contributed by atoms with van der Waals surface area (Å²) in [7, 11) is 2.00. The largest absolute Gasteiger partial charge is 0.330 e. The summed E-state index contributed by atoms with van der Waals surface area (Å²) in [6.45, 7) is 4.34. The number of aromatic nitrogens is 3. The average Bonchev–Trinajstić information content (AvgIpc) is 2.56. The lowest BCUT2D eigenvalue weighted by Crippen LogP contribution is -2.17. The zero-order valence-corrected chi connectivity index (χ0v) is 10.0. The van der Waals surface area contributed by atoms with Crippen molar-refractivity contribution >= 4 is 11.0 Å². The monoisotopic (exact) mass is 218 g/mol. The summed E-state index contributed by atoms with van der Waals surface area (Å²) < 4.78 is 2.06. The second-order valence-electron chi connectivity index (χ2n) is 4.63. The van der Waals surface area contributed by atoms with Gasteiger partial charge in [-0.1, -0.05) is 13.8 Å². The maximum atomic E-state index is 6.16. The van der Waals surface area contributed by atoms with E-state index in [0.29, 0.717) is 5.92 Å². The van der Waals surface area contributed by atoms with Gasteiger partial charge in [0, 0.05) is 13.2 Å². The number of hydrogen-bond donors (Lipinski definition) is 1. The van der Waals surface area contributed by atoms with Crippen LogP contribution in [0.4, 0.5) is 0 Å². The van der Waals surface area contributed by atoms with Crippen molar-refractivity contribution in [1.29, 1.82) is 0 Å². The molecule has 16 heavy (non-hydrogen) atoms. The molecule has 0 aromatic carbocycles. The molecule has 2 aromatic rings. The molecular weight excluding hydrogens is 200 g/mol. The first kappa shape index (κ1) is 11.1. The predicted molar refractivity (Wildman–Crippen MR) is 64.9 cm³/mol. The summed E-state index contributed by atoms with van der Waals surface area (Å²) in [4.78, 5) is 8.61. The van der Waals surface area contributed by atoms with Crippen molar-refractivity contribution in [3.8, 4) is 0 Å². The average molecular weight is 218 g/mol. The van der Waals surface area contributed by atoms with Gasteiger partial charge < -0.3 is 10.3 Å². The van der Waals surface area contributed by atoms with E-state index in [4.69, 9.17) is 5.73 Å². The fourth-order valence-electron chi connectivity index (χ4n) is 2.02. The normalized spacial score (nSPS) is 13.6. The summed E-state index contributed by atoms with van der Waals surface area (Å²) in [5.41, 5.74) is 8.16. The Kier molecular flexibility index (Phi) is 2.92. The molecule has 2 aromatic heterocycles. The van der Waals surface area contributed by atoms with Crippen molar-refractivity contribution in [3.05, 3.63) is 24.3 Å². The maximum absolute atomic E-state index is 6.16. The first-order chi connectivity index (χ1) is 7.59. The van der Waals surface area contributed by atoms with E-state index in [2.05, 4.69) is 28.4 Å². The number of hydrogen-bond acceptors (Lipinski definition) is 3. The number of aryl methyl sites for hydroxylation is 1. The van der Waals surface area contributed by atoms with Gasteiger partial charge in [0.25, 0.3) is 0 Å². The molecule has 1 unspecified atom stereocenters. The van der Waals surface area contributed by atoms with E-state index in [9.17, 15) is 0 Å². The standard InChI is InChI=1S/C12H18N4/c1-8(2)6-9(13)12-15-10-7-14-5-4-11(10)16(12)3/h4-5,7-9H,6,13H2,1-3H3. The zero-order chi connectivity index (χ0) is 11.7. The van der Waals surface area contributed by atoms with Gasteiger partial charge in [0.15, 0.2) is 0 Å². The molecule has 0 radical (unpaired) electrons. The van der Waals surface area contributed by atoms with Gasteiger partial charge in [-0.3, -0.25) is 4.98 Å². The van der Waals surface area contributed by atoms with Crippen molar-refractivity contribution in [2.75, 3.05) is 0 Å². The van der Waals surface area contributed by atoms with Crippen LogP contribution in [0.5, 0.6) is 0 Å². The van der Waals surface area contributed by atoms with Gasteiger partial charge in [-0.2, -0.15) is 0 Å². The maximum Gasteiger partial charge on any atom is 0.126 e. The lowest BCUT2D eigenvalue weighted by molar-refractivity contribution is 0.485. The highest BCUT2D eigenvalue weighted by Gasteiger charge is 2.15. The second kappa shape index (κ2) is 4.22. The molecule has 1 atom stereocenters. The molecule has 4 nitrogen and oxygen atoms in total. The minimum absolute atomic E-state index is 0.00241. The Morgan fingerprint density at radius 3 is 2.81 bits per heavy atom. The molecule has 0 spiro atoms. The number of nitrogens with two attached hydrogens (primary N) is 1. The Hall–Kier alpha value is -1.42. The molecule has 0 saturated heterocycles. The summed E-state index contributed by atoms with van der Waals surface area (Å²) >= 11 is 0. The van der Waals surface area contributed by atoms with E-state index in [0.717, 1.165) is 23.3 Å². The molecule has 2 rings (SSSR count). The Morgan fingerprint density at radius 1 is 1.44 bits per heavy atom.